The van der Waals surface area contributed by atoms with Crippen LogP contribution in [0.5, 0.6) is 0 Å². The number of anilines is 1. The predicted molar refractivity (Wildman–Crippen MR) is 74.0 cm³/mol. The van der Waals surface area contributed by atoms with Gasteiger partial charge in [-0.15, -0.1) is 0 Å². The van der Waals surface area contributed by atoms with Crippen molar-refractivity contribution in [2.45, 2.75) is 33.7 Å². The SMILES string of the molecule is Cc1cc([N+](=O)[O-])c(C)cc1NC(=O)C(N)C(C)C. The molecule has 0 radical (unpaired) electrons. The smallest absolute Gasteiger partial charge is 0.272 e. The van der Waals surface area contributed by atoms with Gasteiger partial charge in [0, 0.05) is 17.3 Å². The first-order chi connectivity index (χ1) is 8.73. The van der Waals surface area contributed by atoms with Gasteiger partial charge >= 0.3 is 0 Å². The molecule has 1 atom stereocenters. The number of carbonyl (C=O) groups is 1. The zero-order valence-corrected chi connectivity index (χ0v) is 11.6. The van der Waals surface area contributed by atoms with Gasteiger partial charge in [-0.25, -0.2) is 0 Å². The second-order valence-electron chi connectivity index (χ2n) is 4.97. The number of hydrogen-bond donors (Lipinski definition) is 2. The van der Waals surface area contributed by atoms with Gasteiger partial charge in [-0.05, 0) is 31.4 Å². The van der Waals surface area contributed by atoms with Crippen LogP contribution in [0.25, 0.3) is 0 Å². The maximum absolute atomic E-state index is 11.9. The molecule has 1 rings (SSSR count). The van der Waals surface area contributed by atoms with Crippen LogP contribution >= 0.6 is 0 Å². The van der Waals surface area contributed by atoms with Gasteiger partial charge in [0.15, 0.2) is 0 Å². The first-order valence-electron chi connectivity index (χ1n) is 6.06. The lowest BCUT2D eigenvalue weighted by Gasteiger charge is -2.16. The van der Waals surface area contributed by atoms with E-state index in [1.165, 1.54) is 6.07 Å². The fourth-order valence-corrected chi connectivity index (χ4v) is 1.65. The van der Waals surface area contributed by atoms with Crippen molar-refractivity contribution in [3.05, 3.63) is 33.4 Å². The van der Waals surface area contributed by atoms with Crippen molar-refractivity contribution >= 4 is 17.3 Å². The Morgan fingerprint density at radius 2 is 1.89 bits per heavy atom. The molecule has 1 unspecified atom stereocenters. The summed E-state index contributed by atoms with van der Waals surface area (Å²) in [6, 6.07) is 2.44. The van der Waals surface area contributed by atoms with E-state index in [0.29, 0.717) is 16.8 Å². The normalized spacial score (nSPS) is 12.3. The van der Waals surface area contributed by atoms with E-state index in [1.807, 2.05) is 13.8 Å². The third kappa shape index (κ3) is 3.51. The number of rotatable bonds is 4. The highest BCUT2D eigenvalue weighted by molar-refractivity contribution is 5.95. The molecule has 6 nitrogen and oxygen atoms in total. The topological polar surface area (TPSA) is 98.3 Å². The van der Waals surface area contributed by atoms with Crippen LogP contribution in [0.2, 0.25) is 0 Å². The number of benzene rings is 1. The average molecular weight is 265 g/mol. The van der Waals surface area contributed by atoms with Gasteiger partial charge in [0.1, 0.15) is 0 Å². The molecular formula is C13H19N3O3. The van der Waals surface area contributed by atoms with Crippen LogP contribution in [0.15, 0.2) is 12.1 Å². The molecule has 1 aromatic carbocycles. The number of nitrogens with one attached hydrogen (secondary N) is 1. The van der Waals surface area contributed by atoms with Gasteiger partial charge in [0.05, 0.1) is 11.0 Å². The predicted octanol–water partition coefficient (Wildman–Crippen LogP) is 2.13. The first kappa shape index (κ1) is 15.1. The molecule has 0 spiro atoms. The summed E-state index contributed by atoms with van der Waals surface area (Å²) in [5.41, 5.74) is 7.50. The minimum absolute atomic E-state index is 0.0273. The fourth-order valence-electron chi connectivity index (χ4n) is 1.65. The number of nitrogens with two attached hydrogens (primary N) is 1. The quantitative estimate of drug-likeness (QED) is 0.643. The van der Waals surface area contributed by atoms with E-state index in [9.17, 15) is 14.9 Å². The molecule has 104 valence electrons. The third-order valence-corrected chi connectivity index (χ3v) is 3.02. The fraction of sp³-hybridized carbons (Fsp3) is 0.462. The first-order valence-corrected chi connectivity index (χ1v) is 6.06. The second kappa shape index (κ2) is 5.79. The highest BCUT2D eigenvalue weighted by Gasteiger charge is 2.19. The minimum Gasteiger partial charge on any atom is -0.324 e. The van der Waals surface area contributed by atoms with Crippen molar-refractivity contribution in [2.75, 3.05) is 5.32 Å². The van der Waals surface area contributed by atoms with Crippen molar-refractivity contribution in [3.63, 3.8) is 0 Å². The monoisotopic (exact) mass is 265 g/mol. The lowest BCUT2D eigenvalue weighted by Crippen LogP contribution is -2.39. The van der Waals surface area contributed by atoms with Crippen LogP contribution in [0.1, 0.15) is 25.0 Å². The molecule has 19 heavy (non-hydrogen) atoms. The van der Waals surface area contributed by atoms with Gasteiger partial charge in [0.25, 0.3) is 5.69 Å². The highest BCUT2D eigenvalue weighted by Crippen LogP contribution is 2.26. The number of nitrogens with zero attached hydrogens (tertiary/aromatic N) is 1. The summed E-state index contributed by atoms with van der Waals surface area (Å²) in [6.45, 7) is 7.06. The van der Waals surface area contributed by atoms with E-state index in [0.717, 1.165) is 0 Å². The van der Waals surface area contributed by atoms with Crippen LogP contribution in [0.3, 0.4) is 0 Å². The largest absolute Gasteiger partial charge is 0.324 e. The summed E-state index contributed by atoms with van der Waals surface area (Å²) in [7, 11) is 0. The number of amides is 1. The number of nitro groups is 1. The van der Waals surface area contributed by atoms with Gasteiger partial charge in [-0.1, -0.05) is 13.8 Å². The Kier molecular flexibility index (Phi) is 4.61. The minimum atomic E-state index is -0.602. The van der Waals surface area contributed by atoms with Crippen LogP contribution in [-0.2, 0) is 4.79 Å². The molecule has 0 saturated carbocycles. The van der Waals surface area contributed by atoms with E-state index < -0.39 is 11.0 Å². The molecule has 0 bridgehead atoms. The highest BCUT2D eigenvalue weighted by atomic mass is 16.6. The molecule has 1 amide bonds. The van der Waals surface area contributed by atoms with E-state index >= 15 is 0 Å². The van der Waals surface area contributed by atoms with Crippen LogP contribution in [0.4, 0.5) is 11.4 Å². The molecule has 0 aromatic heterocycles. The number of carbonyl (C=O) groups excluding carboxylic acids is 1. The molecule has 0 saturated heterocycles. The Bertz CT molecular complexity index is 512. The summed E-state index contributed by atoms with van der Waals surface area (Å²) >= 11 is 0. The summed E-state index contributed by atoms with van der Waals surface area (Å²) in [6.07, 6.45) is 0. The van der Waals surface area contributed by atoms with Crippen molar-refractivity contribution in [2.24, 2.45) is 11.7 Å². The second-order valence-corrected chi connectivity index (χ2v) is 4.97. The van der Waals surface area contributed by atoms with Crippen LogP contribution < -0.4 is 11.1 Å². The Morgan fingerprint density at radius 3 is 2.37 bits per heavy atom. The van der Waals surface area contributed by atoms with E-state index in [-0.39, 0.29) is 17.5 Å². The summed E-state index contributed by atoms with van der Waals surface area (Å²) in [5, 5.41) is 13.5. The van der Waals surface area contributed by atoms with Crippen molar-refractivity contribution in [1.82, 2.24) is 0 Å². The Balaban J connectivity index is 3.01. The molecule has 0 aliphatic rings. The molecule has 6 heteroatoms. The van der Waals surface area contributed by atoms with E-state index in [1.54, 1.807) is 19.9 Å². The number of aryl methyl sites for hydroxylation is 2. The lowest BCUT2D eigenvalue weighted by atomic mass is 10.0. The van der Waals surface area contributed by atoms with Crippen LogP contribution in [0, 0.1) is 29.9 Å². The van der Waals surface area contributed by atoms with Gasteiger partial charge in [-0.2, -0.15) is 0 Å². The third-order valence-electron chi connectivity index (χ3n) is 3.02. The number of nitro benzene ring substituents is 1. The van der Waals surface area contributed by atoms with Crippen molar-refractivity contribution < 1.29 is 9.72 Å². The molecule has 0 heterocycles. The van der Waals surface area contributed by atoms with Crippen LogP contribution in [-0.4, -0.2) is 16.9 Å². The summed E-state index contributed by atoms with van der Waals surface area (Å²) in [4.78, 5) is 22.2. The van der Waals surface area contributed by atoms with Gasteiger partial charge in [-0.3, -0.25) is 14.9 Å². The molecular weight excluding hydrogens is 246 g/mol. The average Bonchev–Trinajstić information content (AvgIpc) is 2.31. The molecule has 0 aliphatic carbocycles. The van der Waals surface area contributed by atoms with Gasteiger partial charge < -0.3 is 11.1 Å². The maximum atomic E-state index is 11.9. The molecule has 1 aromatic rings. The zero-order valence-electron chi connectivity index (χ0n) is 11.6. The standard InChI is InChI=1S/C13H19N3O3/c1-7(2)12(14)13(17)15-10-5-9(4)11(16(18)19)6-8(10)3/h5-7,12H,14H2,1-4H3,(H,15,17). The van der Waals surface area contributed by atoms with E-state index in [4.69, 9.17) is 5.73 Å². The van der Waals surface area contributed by atoms with Crippen molar-refractivity contribution in [3.8, 4) is 0 Å². The molecule has 3 N–H and O–H groups in total. The Labute approximate surface area is 112 Å². The maximum Gasteiger partial charge on any atom is 0.272 e. The van der Waals surface area contributed by atoms with E-state index in [2.05, 4.69) is 5.32 Å². The zero-order chi connectivity index (χ0) is 14.7. The molecule has 0 fully saturated rings. The van der Waals surface area contributed by atoms with Gasteiger partial charge in [0.2, 0.25) is 5.91 Å². The Hall–Kier alpha value is -1.95. The number of hydrogen-bond acceptors (Lipinski definition) is 4. The Morgan fingerprint density at radius 1 is 1.32 bits per heavy atom. The molecule has 0 aliphatic heterocycles. The van der Waals surface area contributed by atoms with Crippen molar-refractivity contribution in [1.29, 1.82) is 0 Å². The lowest BCUT2D eigenvalue weighted by molar-refractivity contribution is -0.385. The summed E-state index contributed by atoms with van der Waals surface area (Å²) < 4.78 is 0. The summed E-state index contributed by atoms with van der Waals surface area (Å²) in [5.74, 6) is -0.259.